The van der Waals surface area contributed by atoms with Gasteiger partial charge in [-0.15, -0.1) is 11.3 Å². The van der Waals surface area contributed by atoms with Crippen LogP contribution in [0.25, 0.3) is 86.3 Å². The number of nitrogens with zero attached hydrogens (tertiary/aromatic N) is 1. The second-order valence-corrected chi connectivity index (χ2v) is 15.1. The molecule has 9 aromatic carbocycles. The van der Waals surface area contributed by atoms with Crippen molar-refractivity contribution in [1.82, 2.24) is 0 Å². The molecule has 0 spiro atoms. The topological polar surface area (TPSA) is 16.4 Å². The van der Waals surface area contributed by atoms with Crippen LogP contribution in [-0.2, 0) is 0 Å². The van der Waals surface area contributed by atoms with E-state index < -0.39 is 0 Å². The highest BCUT2D eigenvalue weighted by Gasteiger charge is 2.22. The first-order chi connectivity index (χ1) is 27.3. The van der Waals surface area contributed by atoms with Gasteiger partial charge in [0, 0.05) is 42.0 Å². The van der Waals surface area contributed by atoms with E-state index in [2.05, 4.69) is 199 Å². The van der Waals surface area contributed by atoms with Crippen molar-refractivity contribution in [2.45, 2.75) is 0 Å². The van der Waals surface area contributed by atoms with Crippen LogP contribution in [0.3, 0.4) is 0 Å². The van der Waals surface area contributed by atoms with Gasteiger partial charge in [0.25, 0.3) is 0 Å². The lowest BCUT2D eigenvalue weighted by Crippen LogP contribution is -2.10. The van der Waals surface area contributed by atoms with E-state index in [-0.39, 0.29) is 0 Å². The molecule has 258 valence electrons. The Morgan fingerprint density at radius 1 is 0.364 bits per heavy atom. The molecule has 11 rings (SSSR count). The fourth-order valence-electron chi connectivity index (χ4n) is 8.33. The van der Waals surface area contributed by atoms with E-state index in [1.54, 1.807) is 0 Å². The van der Waals surface area contributed by atoms with Crippen LogP contribution in [0.5, 0.6) is 0 Å². The highest BCUT2D eigenvalue weighted by molar-refractivity contribution is 7.26. The van der Waals surface area contributed by atoms with Gasteiger partial charge in [-0.2, -0.15) is 0 Å². The molecule has 0 bridgehead atoms. The summed E-state index contributed by atoms with van der Waals surface area (Å²) in [5.74, 6) is 0. The second-order valence-electron chi connectivity index (χ2n) is 14.0. The third-order valence-corrected chi connectivity index (χ3v) is 12.1. The molecule has 2 nitrogen and oxygen atoms in total. The summed E-state index contributed by atoms with van der Waals surface area (Å²) in [5.41, 5.74) is 12.2. The zero-order valence-electron chi connectivity index (χ0n) is 29.8. The quantitative estimate of drug-likeness (QED) is 0.170. The maximum absolute atomic E-state index is 6.63. The fraction of sp³-hybridized carbons (Fsp3) is 0. The van der Waals surface area contributed by atoms with E-state index in [1.165, 1.54) is 58.9 Å². The Bertz CT molecular complexity index is 3210. The van der Waals surface area contributed by atoms with Gasteiger partial charge in [-0.05, 0) is 93.4 Å². The van der Waals surface area contributed by atoms with Crippen LogP contribution in [0.1, 0.15) is 0 Å². The number of hydrogen-bond acceptors (Lipinski definition) is 3. The van der Waals surface area contributed by atoms with E-state index in [9.17, 15) is 0 Å². The Hall–Kier alpha value is -6.94. The predicted octanol–water partition coefficient (Wildman–Crippen LogP) is 15.6. The minimum absolute atomic E-state index is 0.872. The van der Waals surface area contributed by atoms with E-state index in [1.807, 2.05) is 17.4 Å². The van der Waals surface area contributed by atoms with Crippen LogP contribution in [0.2, 0.25) is 0 Å². The van der Waals surface area contributed by atoms with Crippen molar-refractivity contribution in [2.75, 3.05) is 4.90 Å². The zero-order valence-corrected chi connectivity index (χ0v) is 30.6. The van der Waals surface area contributed by atoms with Crippen LogP contribution in [0.15, 0.2) is 205 Å². The molecule has 0 aliphatic carbocycles. The molecule has 0 aliphatic rings. The van der Waals surface area contributed by atoms with Crippen molar-refractivity contribution >= 4 is 81.3 Å². The molecule has 0 radical (unpaired) electrons. The highest BCUT2D eigenvalue weighted by Crippen LogP contribution is 2.47. The lowest BCUT2D eigenvalue weighted by molar-refractivity contribution is 0.669. The molecule has 0 fully saturated rings. The normalized spacial score (nSPS) is 11.6. The van der Waals surface area contributed by atoms with Crippen LogP contribution >= 0.6 is 11.3 Å². The summed E-state index contributed by atoms with van der Waals surface area (Å²) in [7, 11) is 0. The van der Waals surface area contributed by atoms with Crippen molar-refractivity contribution in [2.24, 2.45) is 0 Å². The maximum atomic E-state index is 6.63. The van der Waals surface area contributed by atoms with Gasteiger partial charge >= 0.3 is 0 Å². The number of rotatable bonds is 6. The monoisotopic (exact) mass is 719 g/mol. The number of hydrogen-bond donors (Lipinski definition) is 0. The summed E-state index contributed by atoms with van der Waals surface area (Å²) < 4.78 is 9.26. The van der Waals surface area contributed by atoms with Crippen LogP contribution in [0.4, 0.5) is 17.1 Å². The lowest BCUT2D eigenvalue weighted by Gasteiger charge is -2.27. The number of anilines is 3. The zero-order chi connectivity index (χ0) is 36.3. The number of fused-ring (bicyclic) bond motifs is 7. The van der Waals surface area contributed by atoms with Crippen LogP contribution in [-0.4, -0.2) is 0 Å². The molecule has 0 saturated carbocycles. The van der Waals surface area contributed by atoms with E-state index in [4.69, 9.17) is 4.42 Å². The van der Waals surface area contributed by atoms with Gasteiger partial charge in [0.05, 0.1) is 11.4 Å². The van der Waals surface area contributed by atoms with Gasteiger partial charge in [0.2, 0.25) is 0 Å². The summed E-state index contributed by atoms with van der Waals surface area (Å²) in [6.07, 6.45) is 0. The van der Waals surface area contributed by atoms with Crippen molar-refractivity contribution in [3.63, 3.8) is 0 Å². The molecule has 2 heterocycles. The fourth-order valence-corrected chi connectivity index (χ4v) is 9.57. The standard InChI is InChI=1S/C52H33NOS/c1-3-15-34(16-4-1)35-31-36(33-37(32-35)40-23-13-25-46-44-22-10-12-28-50(44)55-52(40)46)39-29-30-47(42-20-8-7-19-41(39)42)53(38-17-5-2-6-18-38)48-26-14-24-45-43-21-9-11-27-49(43)54-51(45)48/h1-33H. The minimum Gasteiger partial charge on any atom is -0.454 e. The smallest absolute Gasteiger partial charge is 0.159 e. The second kappa shape index (κ2) is 12.9. The summed E-state index contributed by atoms with van der Waals surface area (Å²) in [5, 5.41) is 7.19. The third-order valence-electron chi connectivity index (χ3n) is 10.8. The van der Waals surface area contributed by atoms with Gasteiger partial charge < -0.3 is 9.32 Å². The van der Waals surface area contributed by atoms with Crippen molar-refractivity contribution in [3.8, 4) is 33.4 Å². The van der Waals surface area contributed by atoms with Crippen LogP contribution in [0, 0.1) is 0 Å². The first-order valence-corrected chi connectivity index (χ1v) is 19.5. The first-order valence-electron chi connectivity index (χ1n) is 18.7. The molecule has 0 amide bonds. The summed E-state index contributed by atoms with van der Waals surface area (Å²) >= 11 is 1.88. The lowest BCUT2D eigenvalue weighted by atomic mass is 9.90. The molecular formula is C52H33NOS. The predicted molar refractivity (Wildman–Crippen MR) is 235 cm³/mol. The number of thiophene rings is 1. The minimum atomic E-state index is 0.872. The Labute approximate surface area is 322 Å². The molecule has 0 atom stereocenters. The van der Waals surface area contributed by atoms with Crippen molar-refractivity contribution < 1.29 is 4.42 Å². The average molecular weight is 720 g/mol. The maximum Gasteiger partial charge on any atom is 0.159 e. The molecule has 11 aromatic rings. The number of furan rings is 1. The molecule has 55 heavy (non-hydrogen) atoms. The molecule has 0 saturated heterocycles. The Morgan fingerprint density at radius 3 is 1.82 bits per heavy atom. The molecule has 2 aromatic heterocycles. The average Bonchev–Trinajstić information content (AvgIpc) is 3.84. The highest BCUT2D eigenvalue weighted by atomic mass is 32.1. The Kier molecular flexibility index (Phi) is 7.39. The van der Waals surface area contributed by atoms with Gasteiger partial charge in [-0.1, -0.05) is 146 Å². The van der Waals surface area contributed by atoms with Crippen LogP contribution < -0.4 is 4.90 Å². The van der Waals surface area contributed by atoms with Gasteiger partial charge in [0.15, 0.2) is 5.58 Å². The van der Waals surface area contributed by atoms with Gasteiger partial charge in [0.1, 0.15) is 5.58 Å². The van der Waals surface area contributed by atoms with Gasteiger partial charge in [-0.25, -0.2) is 0 Å². The van der Waals surface area contributed by atoms with Gasteiger partial charge in [-0.3, -0.25) is 0 Å². The molecule has 0 aliphatic heterocycles. The Morgan fingerprint density at radius 2 is 0.982 bits per heavy atom. The molecule has 0 unspecified atom stereocenters. The number of benzene rings is 9. The van der Waals surface area contributed by atoms with Crippen molar-refractivity contribution in [1.29, 1.82) is 0 Å². The molecule has 3 heteroatoms. The SMILES string of the molecule is c1ccc(-c2cc(-c3ccc(N(c4ccccc4)c4cccc5c4oc4ccccc45)c4ccccc34)cc(-c3cccc4c3sc3ccccc34)c2)cc1. The van der Waals surface area contributed by atoms with E-state index >= 15 is 0 Å². The van der Waals surface area contributed by atoms with E-state index in [0.29, 0.717) is 0 Å². The first kappa shape index (κ1) is 31.6. The van der Waals surface area contributed by atoms with Crippen molar-refractivity contribution in [3.05, 3.63) is 200 Å². The summed E-state index contributed by atoms with van der Waals surface area (Å²) in [6, 6.07) is 72.2. The Balaban J connectivity index is 1.15. The summed E-state index contributed by atoms with van der Waals surface area (Å²) in [6.45, 7) is 0. The number of para-hydroxylation sites is 3. The molecular weight excluding hydrogens is 687 g/mol. The summed E-state index contributed by atoms with van der Waals surface area (Å²) in [4.78, 5) is 2.35. The molecule has 0 N–H and O–H groups in total. The van der Waals surface area contributed by atoms with E-state index in [0.717, 1.165) is 44.4 Å². The third kappa shape index (κ3) is 5.24. The largest absolute Gasteiger partial charge is 0.454 e.